The number of aromatic nitrogens is 2. The summed E-state index contributed by atoms with van der Waals surface area (Å²) in [6.07, 6.45) is 0.698. The fraction of sp³-hybridized carbons (Fsp3) is 0.556. The number of hydrogen-bond acceptors (Lipinski definition) is 4. The highest BCUT2D eigenvalue weighted by Crippen LogP contribution is 2.18. The van der Waals surface area contributed by atoms with Crippen molar-refractivity contribution >= 4 is 11.6 Å². The van der Waals surface area contributed by atoms with Gasteiger partial charge in [-0.25, -0.2) is 5.06 Å². The van der Waals surface area contributed by atoms with Crippen LogP contribution < -0.4 is 5.73 Å². The molecule has 2 N–H and O–H groups in total. The Balaban J connectivity index is 3.14. The van der Waals surface area contributed by atoms with Crippen LogP contribution in [0.1, 0.15) is 23.1 Å². The molecule has 1 amide bonds. The molecule has 0 unspecified atom stereocenters. The minimum atomic E-state index is -0.301. The van der Waals surface area contributed by atoms with E-state index in [4.69, 9.17) is 10.6 Å². The standard InChI is InChI=1S/C9H16N4O2/c1-5-6-7(10)8(12(2)11-6)9(14)13(3)15-4/h5,10H2,1-4H3. The van der Waals surface area contributed by atoms with Gasteiger partial charge in [-0.15, -0.1) is 0 Å². The quantitative estimate of drug-likeness (QED) is 0.726. The van der Waals surface area contributed by atoms with Crippen LogP contribution in [-0.2, 0) is 18.3 Å². The Bertz CT molecular complexity index is 372. The molecule has 0 atom stereocenters. The van der Waals surface area contributed by atoms with Gasteiger partial charge in [0.25, 0.3) is 5.91 Å². The number of nitrogen functional groups attached to an aromatic ring is 1. The first kappa shape index (κ1) is 11.5. The lowest BCUT2D eigenvalue weighted by atomic mass is 10.2. The molecular weight excluding hydrogens is 196 g/mol. The molecule has 0 fully saturated rings. The molecule has 6 heteroatoms. The fourth-order valence-corrected chi connectivity index (χ4v) is 1.34. The van der Waals surface area contributed by atoms with Crippen molar-refractivity contribution in [2.75, 3.05) is 19.9 Å². The molecule has 84 valence electrons. The zero-order chi connectivity index (χ0) is 11.6. The van der Waals surface area contributed by atoms with Crippen LogP contribution in [0.4, 0.5) is 5.69 Å². The number of nitrogens with two attached hydrogens (primary N) is 1. The highest BCUT2D eigenvalue weighted by molar-refractivity contribution is 5.97. The van der Waals surface area contributed by atoms with E-state index < -0.39 is 0 Å². The van der Waals surface area contributed by atoms with Gasteiger partial charge < -0.3 is 5.73 Å². The zero-order valence-electron chi connectivity index (χ0n) is 9.44. The van der Waals surface area contributed by atoms with Crippen molar-refractivity contribution in [3.05, 3.63) is 11.4 Å². The van der Waals surface area contributed by atoms with Crippen LogP contribution in [0.3, 0.4) is 0 Å². The summed E-state index contributed by atoms with van der Waals surface area (Å²) < 4.78 is 1.48. The predicted octanol–water partition coefficient (Wildman–Crippen LogP) is 0.198. The average molecular weight is 212 g/mol. The van der Waals surface area contributed by atoms with Crippen LogP contribution >= 0.6 is 0 Å². The van der Waals surface area contributed by atoms with Crippen LogP contribution in [0.5, 0.6) is 0 Å². The maximum Gasteiger partial charge on any atom is 0.297 e. The van der Waals surface area contributed by atoms with Crippen molar-refractivity contribution < 1.29 is 9.63 Å². The van der Waals surface area contributed by atoms with Crippen molar-refractivity contribution in [3.8, 4) is 0 Å². The van der Waals surface area contributed by atoms with Gasteiger partial charge in [0.2, 0.25) is 0 Å². The Morgan fingerprint density at radius 2 is 2.27 bits per heavy atom. The van der Waals surface area contributed by atoms with Gasteiger partial charge in [-0.05, 0) is 6.42 Å². The third-order valence-electron chi connectivity index (χ3n) is 2.26. The molecule has 0 radical (unpaired) electrons. The van der Waals surface area contributed by atoms with Gasteiger partial charge in [0.05, 0.1) is 18.5 Å². The van der Waals surface area contributed by atoms with Crippen LogP contribution in [0.25, 0.3) is 0 Å². The van der Waals surface area contributed by atoms with Crippen molar-refractivity contribution in [1.82, 2.24) is 14.8 Å². The lowest BCUT2D eigenvalue weighted by Crippen LogP contribution is -2.28. The number of aryl methyl sites for hydroxylation is 2. The van der Waals surface area contributed by atoms with Gasteiger partial charge in [0.15, 0.2) is 5.69 Å². The van der Waals surface area contributed by atoms with Gasteiger partial charge in [0, 0.05) is 14.1 Å². The summed E-state index contributed by atoms with van der Waals surface area (Å²) in [5.74, 6) is -0.301. The number of hydrogen-bond donors (Lipinski definition) is 1. The Kier molecular flexibility index (Phi) is 3.31. The number of carbonyl (C=O) groups excluding carboxylic acids is 1. The topological polar surface area (TPSA) is 73.4 Å². The summed E-state index contributed by atoms with van der Waals surface area (Å²) in [7, 11) is 4.64. The van der Waals surface area contributed by atoms with E-state index in [-0.39, 0.29) is 5.91 Å². The normalized spacial score (nSPS) is 10.4. The SMILES string of the molecule is CCc1nn(C)c(C(=O)N(C)OC)c1N. The Morgan fingerprint density at radius 1 is 1.67 bits per heavy atom. The molecule has 0 aliphatic heterocycles. The number of hydroxylamine groups is 2. The van der Waals surface area contributed by atoms with E-state index in [1.54, 1.807) is 7.05 Å². The molecule has 0 spiro atoms. The van der Waals surface area contributed by atoms with Gasteiger partial charge in [0.1, 0.15) is 0 Å². The first-order valence-corrected chi connectivity index (χ1v) is 4.66. The number of carbonyl (C=O) groups is 1. The number of rotatable bonds is 3. The summed E-state index contributed by atoms with van der Waals surface area (Å²) in [6, 6.07) is 0. The third-order valence-corrected chi connectivity index (χ3v) is 2.26. The number of amides is 1. The van der Waals surface area contributed by atoms with E-state index in [0.717, 1.165) is 10.8 Å². The molecule has 1 rings (SSSR count). The second-order valence-electron chi connectivity index (χ2n) is 3.17. The van der Waals surface area contributed by atoms with Crippen molar-refractivity contribution in [1.29, 1.82) is 0 Å². The van der Waals surface area contributed by atoms with Crippen LogP contribution in [0, 0.1) is 0 Å². The fourth-order valence-electron chi connectivity index (χ4n) is 1.34. The van der Waals surface area contributed by atoms with Crippen molar-refractivity contribution in [2.45, 2.75) is 13.3 Å². The maximum atomic E-state index is 11.8. The highest BCUT2D eigenvalue weighted by atomic mass is 16.7. The highest BCUT2D eigenvalue weighted by Gasteiger charge is 2.22. The Morgan fingerprint density at radius 3 is 2.67 bits per heavy atom. The molecule has 1 aromatic heterocycles. The van der Waals surface area contributed by atoms with E-state index in [1.165, 1.54) is 18.8 Å². The van der Waals surface area contributed by atoms with Crippen LogP contribution in [0.15, 0.2) is 0 Å². The average Bonchev–Trinajstić information content (AvgIpc) is 2.51. The molecule has 1 aromatic rings. The molecule has 6 nitrogen and oxygen atoms in total. The molecule has 15 heavy (non-hydrogen) atoms. The maximum absolute atomic E-state index is 11.8. The predicted molar refractivity (Wildman–Crippen MR) is 56.1 cm³/mol. The summed E-state index contributed by atoms with van der Waals surface area (Å²) >= 11 is 0. The summed E-state index contributed by atoms with van der Waals surface area (Å²) in [6.45, 7) is 1.94. The summed E-state index contributed by atoms with van der Waals surface area (Å²) in [4.78, 5) is 16.6. The molecule has 0 aliphatic carbocycles. The number of anilines is 1. The second kappa shape index (κ2) is 4.31. The Labute approximate surface area is 88.6 Å². The van der Waals surface area contributed by atoms with E-state index in [2.05, 4.69) is 5.10 Å². The summed E-state index contributed by atoms with van der Waals surface area (Å²) in [5, 5.41) is 5.27. The van der Waals surface area contributed by atoms with Crippen molar-refractivity contribution in [2.24, 2.45) is 7.05 Å². The number of nitrogens with zero attached hydrogens (tertiary/aromatic N) is 3. The van der Waals surface area contributed by atoms with E-state index in [9.17, 15) is 4.79 Å². The second-order valence-corrected chi connectivity index (χ2v) is 3.17. The molecule has 0 saturated heterocycles. The van der Waals surface area contributed by atoms with Crippen LogP contribution in [-0.4, -0.2) is 34.9 Å². The third kappa shape index (κ3) is 1.94. The minimum Gasteiger partial charge on any atom is -0.395 e. The summed E-state index contributed by atoms with van der Waals surface area (Å²) in [5.41, 5.74) is 7.33. The monoisotopic (exact) mass is 212 g/mol. The first-order valence-electron chi connectivity index (χ1n) is 4.66. The van der Waals surface area contributed by atoms with Gasteiger partial charge >= 0.3 is 0 Å². The van der Waals surface area contributed by atoms with Crippen LogP contribution in [0.2, 0.25) is 0 Å². The zero-order valence-corrected chi connectivity index (χ0v) is 9.44. The Hall–Kier alpha value is -1.56. The van der Waals surface area contributed by atoms with Crippen molar-refractivity contribution in [3.63, 3.8) is 0 Å². The molecule has 0 aliphatic rings. The smallest absolute Gasteiger partial charge is 0.297 e. The van der Waals surface area contributed by atoms with E-state index in [1.807, 2.05) is 6.92 Å². The molecule has 0 saturated carbocycles. The lowest BCUT2D eigenvalue weighted by Gasteiger charge is -2.13. The lowest BCUT2D eigenvalue weighted by molar-refractivity contribution is -0.0762. The molecular formula is C9H16N4O2. The van der Waals surface area contributed by atoms with E-state index >= 15 is 0 Å². The molecule has 0 bridgehead atoms. The van der Waals surface area contributed by atoms with Gasteiger partial charge in [-0.1, -0.05) is 6.92 Å². The molecule has 0 aromatic carbocycles. The van der Waals surface area contributed by atoms with Gasteiger partial charge in [-0.3, -0.25) is 14.3 Å². The molecule has 1 heterocycles. The minimum absolute atomic E-state index is 0.301. The first-order chi connectivity index (χ1) is 7.02. The van der Waals surface area contributed by atoms with E-state index in [0.29, 0.717) is 17.8 Å². The van der Waals surface area contributed by atoms with Gasteiger partial charge in [-0.2, -0.15) is 5.10 Å². The largest absolute Gasteiger partial charge is 0.395 e.